The maximum Gasteiger partial charge on any atom is 0.339 e. The molecular weight excluding hydrogens is 306 g/mol. The number of aryl methyl sites for hydroxylation is 1. The molecule has 0 spiro atoms. The lowest BCUT2D eigenvalue weighted by Crippen LogP contribution is -2.25. The minimum atomic E-state index is -1.10. The third-order valence-electron chi connectivity index (χ3n) is 3.25. The summed E-state index contributed by atoms with van der Waals surface area (Å²) in [4.78, 5) is 24.9. The molecule has 1 aromatic heterocycles. The number of benzene rings is 1. The second kappa shape index (κ2) is 6.66. The fourth-order valence-electron chi connectivity index (χ4n) is 2.10. The Bertz CT molecular complexity index is 691. The van der Waals surface area contributed by atoms with Crippen molar-refractivity contribution in [2.24, 2.45) is 0 Å². The molecule has 116 valence electrons. The van der Waals surface area contributed by atoms with Gasteiger partial charge >= 0.3 is 5.97 Å². The van der Waals surface area contributed by atoms with Gasteiger partial charge in [-0.05, 0) is 17.7 Å². The average molecular weight is 322 g/mol. The van der Waals surface area contributed by atoms with Crippen LogP contribution in [-0.2, 0) is 13.0 Å². The van der Waals surface area contributed by atoms with Gasteiger partial charge < -0.3 is 14.4 Å². The number of carboxylic acids is 1. The summed E-state index contributed by atoms with van der Waals surface area (Å²) in [6.45, 7) is 2.15. The molecule has 0 radical (unpaired) electrons. The van der Waals surface area contributed by atoms with E-state index < -0.39 is 5.97 Å². The molecule has 2 aromatic rings. The number of halogens is 1. The molecule has 22 heavy (non-hydrogen) atoms. The summed E-state index contributed by atoms with van der Waals surface area (Å²) in [5, 5.41) is 9.72. The molecule has 1 aromatic carbocycles. The third-order valence-corrected chi connectivity index (χ3v) is 3.50. The van der Waals surface area contributed by atoms with Gasteiger partial charge in [-0.15, -0.1) is 0 Å². The molecule has 1 amide bonds. The van der Waals surface area contributed by atoms with Crippen molar-refractivity contribution in [2.45, 2.75) is 19.9 Å². The summed E-state index contributed by atoms with van der Waals surface area (Å²) in [6, 6.07) is 8.43. The maximum absolute atomic E-state index is 12.3. The smallest absolute Gasteiger partial charge is 0.339 e. The quantitative estimate of drug-likeness (QED) is 0.915. The maximum atomic E-state index is 12.3. The molecule has 0 aliphatic rings. The Hall–Kier alpha value is -2.27. The van der Waals surface area contributed by atoms with Gasteiger partial charge in [0.2, 0.25) is 0 Å². The van der Waals surface area contributed by atoms with Gasteiger partial charge in [-0.2, -0.15) is 0 Å². The molecule has 0 atom stereocenters. The van der Waals surface area contributed by atoms with Crippen molar-refractivity contribution in [3.05, 3.63) is 58.0 Å². The van der Waals surface area contributed by atoms with E-state index in [-0.39, 0.29) is 17.2 Å². The second-order valence-corrected chi connectivity index (χ2v) is 5.33. The summed E-state index contributed by atoms with van der Waals surface area (Å²) < 4.78 is 5.37. The Balaban J connectivity index is 2.16. The zero-order valence-corrected chi connectivity index (χ0v) is 13.1. The Labute approximate surface area is 133 Å². The van der Waals surface area contributed by atoms with Crippen LogP contribution in [0.25, 0.3) is 0 Å². The van der Waals surface area contributed by atoms with Gasteiger partial charge in [0.15, 0.2) is 5.76 Å². The number of carboxylic acid groups (broad SMARTS) is 1. The molecule has 0 saturated heterocycles. The molecule has 0 aliphatic heterocycles. The number of rotatable bonds is 5. The van der Waals surface area contributed by atoms with Crippen LogP contribution in [0, 0.1) is 0 Å². The van der Waals surface area contributed by atoms with Gasteiger partial charge in [-0.1, -0.05) is 30.7 Å². The van der Waals surface area contributed by atoms with Crippen LogP contribution in [-0.4, -0.2) is 28.9 Å². The second-order valence-electron chi connectivity index (χ2n) is 4.89. The van der Waals surface area contributed by atoms with Crippen molar-refractivity contribution in [1.82, 2.24) is 4.90 Å². The van der Waals surface area contributed by atoms with E-state index in [0.717, 1.165) is 5.56 Å². The predicted molar refractivity (Wildman–Crippen MR) is 82.3 cm³/mol. The van der Waals surface area contributed by atoms with Crippen molar-refractivity contribution >= 4 is 23.5 Å². The predicted octanol–water partition coefficient (Wildman–Crippen LogP) is 3.47. The SMILES string of the molecule is CCc1oc(C(=O)N(C)Cc2ccc(Cl)cc2)cc1C(=O)O. The van der Waals surface area contributed by atoms with Crippen LogP contribution in [0.4, 0.5) is 0 Å². The number of amides is 1. The van der Waals surface area contributed by atoms with Gasteiger partial charge in [0, 0.05) is 31.1 Å². The highest BCUT2D eigenvalue weighted by molar-refractivity contribution is 6.30. The molecule has 1 N–H and O–H groups in total. The lowest BCUT2D eigenvalue weighted by molar-refractivity contribution is 0.0693. The van der Waals surface area contributed by atoms with Crippen LogP contribution in [0.15, 0.2) is 34.7 Å². The summed E-state index contributed by atoms with van der Waals surface area (Å²) >= 11 is 5.82. The van der Waals surface area contributed by atoms with Crippen LogP contribution in [0.5, 0.6) is 0 Å². The van der Waals surface area contributed by atoms with Crippen LogP contribution in [0.3, 0.4) is 0 Å². The van der Waals surface area contributed by atoms with E-state index in [0.29, 0.717) is 23.7 Å². The van der Waals surface area contributed by atoms with E-state index in [1.54, 1.807) is 26.1 Å². The molecule has 0 aliphatic carbocycles. The first kappa shape index (κ1) is 16.1. The highest BCUT2D eigenvalue weighted by Crippen LogP contribution is 2.19. The number of carbonyl (C=O) groups is 2. The van der Waals surface area contributed by atoms with Crippen molar-refractivity contribution in [2.75, 3.05) is 7.05 Å². The van der Waals surface area contributed by atoms with Gasteiger partial charge in [-0.25, -0.2) is 4.79 Å². The zero-order chi connectivity index (χ0) is 16.3. The van der Waals surface area contributed by atoms with E-state index in [1.807, 2.05) is 12.1 Å². The van der Waals surface area contributed by atoms with Crippen molar-refractivity contribution in [1.29, 1.82) is 0 Å². The highest BCUT2D eigenvalue weighted by Gasteiger charge is 2.22. The fourth-order valence-corrected chi connectivity index (χ4v) is 2.23. The Morgan fingerprint density at radius 2 is 1.91 bits per heavy atom. The Morgan fingerprint density at radius 3 is 2.41 bits per heavy atom. The third kappa shape index (κ3) is 3.49. The highest BCUT2D eigenvalue weighted by atomic mass is 35.5. The molecule has 0 saturated carbocycles. The number of hydrogen-bond acceptors (Lipinski definition) is 3. The molecule has 2 rings (SSSR count). The van der Waals surface area contributed by atoms with Crippen LogP contribution in [0.1, 0.15) is 39.2 Å². The number of nitrogens with zero attached hydrogens (tertiary/aromatic N) is 1. The van der Waals surface area contributed by atoms with Gasteiger partial charge in [0.1, 0.15) is 11.3 Å². The fraction of sp³-hybridized carbons (Fsp3) is 0.250. The van der Waals surface area contributed by atoms with Crippen molar-refractivity contribution in [3.63, 3.8) is 0 Å². The van der Waals surface area contributed by atoms with Crippen molar-refractivity contribution < 1.29 is 19.1 Å². The normalized spacial score (nSPS) is 10.5. The first-order valence-corrected chi connectivity index (χ1v) is 7.16. The van der Waals surface area contributed by atoms with E-state index in [4.69, 9.17) is 21.1 Å². The van der Waals surface area contributed by atoms with E-state index in [9.17, 15) is 9.59 Å². The zero-order valence-electron chi connectivity index (χ0n) is 12.3. The summed E-state index contributed by atoms with van der Waals surface area (Å²) in [7, 11) is 1.63. The van der Waals surface area contributed by atoms with Crippen LogP contribution in [0.2, 0.25) is 5.02 Å². The van der Waals surface area contributed by atoms with E-state index in [1.165, 1.54) is 11.0 Å². The number of aromatic carboxylic acids is 1. The van der Waals surface area contributed by atoms with Crippen molar-refractivity contribution in [3.8, 4) is 0 Å². The first-order valence-electron chi connectivity index (χ1n) is 6.78. The Kier molecular flexibility index (Phi) is 4.88. The minimum Gasteiger partial charge on any atom is -0.478 e. The minimum absolute atomic E-state index is 0.0331. The van der Waals surface area contributed by atoms with Crippen LogP contribution < -0.4 is 0 Å². The number of carbonyl (C=O) groups excluding carboxylic acids is 1. The molecule has 5 nitrogen and oxygen atoms in total. The standard InChI is InChI=1S/C16H16ClNO4/c1-3-13-12(16(20)21)8-14(22-13)15(19)18(2)9-10-4-6-11(17)7-5-10/h4-8H,3,9H2,1-2H3,(H,20,21). The lowest BCUT2D eigenvalue weighted by Gasteiger charge is -2.15. The monoisotopic (exact) mass is 321 g/mol. The molecular formula is C16H16ClNO4. The first-order chi connectivity index (χ1) is 10.4. The molecule has 6 heteroatoms. The topological polar surface area (TPSA) is 70.8 Å². The summed E-state index contributed by atoms with van der Waals surface area (Å²) in [5.41, 5.74) is 0.951. The largest absolute Gasteiger partial charge is 0.478 e. The number of hydrogen-bond donors (Lipinski definition) is 1. The number of furan rings is 1. The van der Waals surface area contributed by atoms with Crippen LogP contribution >= 0.6 is 11.6 Å². The lowest BCUT2D eigenvalue weighted by atomic mass is 10.2. The molecule has 0 unspecified atom stereocenters. The van der Waals surface area contributed by atoms with E-state index in [2.05, 4.69) is 0 Å². The summed E-state index contributed by atoms with van der Waals surface area (Å²) in [6.07, 6.45) is 0.413. The molecule has 0 bridgehead atoms. The van der Waals surface area contributed by atoms with Gasteiger partial charge in [0.25, 0.3) is 5.91 Å². The molecule has 1 heterocycles. The van der Waals surface area contributed by atoms with Gasteiger partial charge in [-0.3, -0.25) is 4.79 Å². The summed E-state index contributed by atoms with van der Waals surface area (Å²) in [5.74, 6) is -1.13. The van der Waals surface area contributed by atoms with E-state index >= 15 is 0 Å². The average Bonchev–Trinajstić information content (AvgIpc) is 2.93. The molecule has 0 fully saturated rings. The van der Waals surface area contributed by atoms with Gasteiger partial charge in [0.05, 0.1) is 0 Å². The Morgan fingerprint density at radius 1 is 1.27 bits per heavy atom.